The number of nitrogens with one attached hydrogen (secondary N) is 1. The largest absolute Gasteiger partial charge is 0.360 e. The van der Waals surface area contributed by atoms with Crippen LogP contribution in [0, 0.1) is 18.3 Å². The SMILES string of the molecule is Cc1onc(-c2c(Cl)cccc2Cl)c1C(=O)Nc1sc2c(c1C#N)CCCC2. The summed E-state index contributed by atoms with van der Waals surface area (Å²) < 4.78 is 5.27. The van der Waals surface area contributed by atoms with Crippen molar-refractivity contribution in [3.63, 3.8) is 0 Å². The highest BCUT2D eigenvalue weighted by Crippen LogP contribution is 2.40. The van der Waals surface area contributed by atoms with Crippen LogP contribution in [-0.2, 0) is 12.8 Å². The molecule has 8 heteroatoms. The Labute approximate surface area is 175 Å². The number of rotatable bonds is 3. The first-order valence-corrected chi connectivity index (χ1v) is 10.3. The molecule has 0 radical (unpaired) electrons. The normalized spacial score (nSPS) is 13.1. The molecule has 0 atom stereocenters. The molecule has 2 heterocycles. The van der Waals surface area contributed by atoms with E-state index in [0.717, 1.165) is 31.2 Å². The maximum absolute atomic E-state index is 13.1. The zero-order chi connectivity index (χ0) is 19.8. The van der Waals surface area contributed by atoms with Gasteiger partial charge in [-0.1, -0.05) is 34.4 Å². The summed E-state index contributed by atoms with van der Waals surface area (Å²) in [5.74, 6) is -0.0526. The second-order valence-electron chi connectivity index (χ2n) is 6.54. The fourth-order valence-electron chi connectivity index (χ4n) is 3.47. The third-order valence-corrected chi connectivity index (χ3v) is 6.64. The summed E-state index contributed by atoms with van der Waals surface area (Å²) in [5.41, 5.74) is 2.60. The van der Waals surface area contributed by atoms with E-state index in [1.807, 2.05) is 0 Å². The first-order chi connectivity index (χ1) is 13.5. The number of nitriles is 1. The average Bonchev–Trinajstić information content (AvgIpc) is 3.21. The Kier molecular flexibility index (Phi) is 5.15. The number of thiophene rings is 1. The second kappa shape index (κ2) is 7.59. The predicted molar refractivity (Wildman–Crippen MR) is 110 cm³/mol. The number of halogens is 2. The summed E-state index contributed by atoms with van der Waals surface area (Å²) in [6.45, 7) is 1.65. The second-order valence-corrected chi connectivity index (χ2v) is 8.46. The highest BCUT2D eigenvalue weighted by molar-refractivity contribution is 7.16. The minimum Gasteiger partial charge on any atom is -0.360 e. The lowest BCUT2D eigenvalue weighted by Gasteiger charge is -2.09. The molecule has 1 aliphatic carbocycles. The zero-order valence-corrected chi connectivity index (χ0v) is 17.3. The van der Waals surface area contributed by atoms with E-state index in [0.29, 0.717) is 31.9 Å². The van der Waals surface area contributed by atoms with E-state index in [1.54, 1.807) is 25.1 Å². The number of fused-ring (bicyclic) bond motifs is 1. The molecule has 1 aromatic carbocycles. The number of hydrogen-bond donors (Lipinski definition) is 1. The Hall–Kier alpha value is -2.33. The number of anilines is 1. The molecule has 0 unspecified atom stereocenters. The molecule has 0 fully saturated rings. The minimum atomic E-state index is -0.403. The van der Waals surface area contributed by atoms with Crippen molar-refractivity contribution in [2.45, 2.75) is 32.6 Å². The number of aromatic nitrogens is 1. The van der Waals surface area contributed by atoms with Gasteiger partial charge in [0.15, 0.2) is 0 Å². The van der Waals surface area contributed by atoms with Crippen molar-refractivity contribution in [2.24, 2.45) is 0 Å². The quantitative estimate of drug-likeness (QED) is 0.549. The fourth-order valence-corrected chi connectivity index (χ4v) is 5.28. The van der Waals surface area contributed by atoms with Gasteiger partial charge in [0.25, 0.3) is 5.91 Å². The highest BCUT2D eigenvalue weighted by atomic mass is 35.5. The van der Waals surface area contributed by atoms with Gasteiger partial charge in [0.2, 0.25) is 0 Å². The van der Waals surface area contributed by atoms with E-state index in [-0.39, 0.29) is 11.3 Å². The Balaban J connectivity index is 1.74. The summed E-state index contributed by atoms with van der Waals surface area (Å²) in [6.07, 6.45) is 3.98. The zero-order valence-electron chi connectivity index (χ0n) is 14.9. The maximum Gasteiger partial charge on any atom is 0.262 e. The molecule has 0 aliphatic heterocycles. The molecule has 0 saturated carbocycles. The van der Waals surface area contributed by atoms with Gasteiger partial charge in [-0.25, -0.2) is 0 Å². The molecule has 2 aromatic heterocycles. The lowest BCUT2D eigenvalue weighted by molar-refractivity contribution is 0.102. The van der Waals surface area contributed by atoms with Crippen LogP contribution >= 0.6 is 34.5 Å². The number of carbonyl (C=O) groups is 1. The smallest absolute Gasteiger partial charge is 0.262 e. The predicted octanol–water partition coefficient (Wildman–Crippen LogP) is 6.02. The lowest BCUT2D eigenvalue weighted by Crippen LogP contribution is -2.13. The van der Waals surface area contributed by atoms with E-state index >= 15 is 0 Å². The minimum absolute atomic E-state index is 0.255. The van der Waals surface area contributed by atoms with Crippen molar-refractivity contribution in [2.75, 3.05) is 5.32 Å². The lowest BCUT2D eigenvalue weighted by atomic mass is 9.96. The van der Waals surface area contributed by atoms with Crippen molar-refractivity contribution in [3.8, 4) is 17.3 Å². The van der Waals surface area contributed by atoms with Crippen LogP contribution in [0.25, 0.3) is 11.3 Å². The molecule has 28 heavy (non-hydrogen) atoms. The van der Waals surface area contributed by atoms with Gasteiger partial charge in [0.1, 0.15) is 28.1 Å². The fraction of sp³-hybridized carbons (Fsp3) is 0.250. The number of benzene rings is 1. The van der Waals surface area contributed by atoms with E-state index in [4.69, 9.17) is 27.7 Å². The van der Waals surface area contributed by atoms with Crippen LogP contribution in [0.5, 0.6) is 0 Å². The molecule has 4 rings (SSSR count). The molecular formula is C20H15Cl2N3O2S. The average molecular weight is 432 g/mol. The summed E-state index contributed by atoms with van der Waals surface area (Å²) >= 11 is 14.0. The van der Waals surface area contributed by atoms with Crippen LogP contribution in [0.4, 0.5) is 5.00 Å². The Bertz CT molecular complexity index is 1110. The van der Waals surface area contributed by atoms with Gasteiger partial charge in [-0.2, -0.15) is 5.26 Å². The number of hydrogen-bond acceptors (Lipinski definition) is 5. The van der Waals surface area contributed by atoms with Crippen LogP contribution in [0.2, 0.25) is 10.0 Å². The van der Waals surface area contributed by atoms with Gasteiger partial charge >= 0.3 is 0 Å². The summed E-state index contributed by atoms with van der Waals surface area (Å²) in [7, 11) is 0. The molecule has 0 spiro atoms. The van der Waals surface area contributed by atoms with Gasteiger partial charge in [-0.3, -0.25) is 4.79 Å². The Morgan fingerprint density at radius 2 is 2.00 bits per heavy atom. The van der Waals surface area contributed by atoms with E-state index in [9.17, 15) is 10.1 Å². The topological polar surface area (TPSA) is 78.9 Å². The standard InChI is InChI=1S/C20H15Cl2N3O2S/c1-10-16(18(25-27-10)17-13(21)6-4-7-14(17)22)19(26)24-20-12(9-23)11-5-2-3-8-15(11)28-20/h4,6-7H,2-3,5,8H2,1H3,(H,24,26). The molecule has 1 amide bonds. The maximum atomic E-state index is 13.1. The Morgan fingerprint density at radius 1 is 1.29 bits per heavy atom. The number of carbonyl (C=O) groups excluding carboxylic acids is 1. The van der Waals surface area contributed by atoms with Crippen LogP contribution in [-0.4, -0.2) is 11.1 Å². The molecule has 142 valence electrons. The third-order valence-electron chi connectivity index (χ3n) is 4.80. The molecule has 0 bridgehead atoms. The van der Waals surface area contributed by atoms with E-state index in [2.05, 4.69) is 16.5 Å². The molecule has 0 saturated heterocycles. The molecule has 1 aliphatic rings. The number of amides is 1. The van der Waals surface area contributed by atoms with Crippen molar-refractivity contribution >= 4 is 45.4 Å². The third kappa shape index (κ3) is 3.20. The number of nitrogens with zero attached hydrogens (tertiary/aromatic N) is 2. The molecule has 1 N–H and O–H groups in total. The highest BCUT2D eigenvalue weighted by Gasteiger charge is 2.27. The van der Waals surface area contributed by atoms with Gasteiger partial charge in [-0.05, 0) is 50.3 Å². The van der Waals surface area contributed by atoms with Crippen LogP contribution in [0.15, 0.2) is 22.7 Å². The number of aryl methyl sites for hydroxylation is 2. The van der Waals surface area contributed by atoms with Gasteiger partial charge in [0, 0.05) is 10.4 Å². The molecule has 3 aromatic rings. The van der Waals surface area contributed by atoms with Crippen LogP contribution in [0.1, 0.15) is 45.0 Å². The Morgan fingerprint density at radius 3 is 2.71 bits per heavy atom. The van der Waals surface area contributed by atoms with Crippen LogP contribution < -0.4 is 5.32 Å². The van der Waals surface area contributed by atoms with E-state index < -0.39 is 5.91 Å². The van der Waals surface area contributed by atoms with Crippen molar-refractivity contribution in [3.05, 3.63) is 55.6 Å². The summed E-state index contributed by atoms with van der Waals surface area (Å²) in [6, 6.07) is 7.32. The monoisotopic (exact) mass is 431 g/mol. The van der Waals surface area contributed by atoms with Crippen molar-refractivity contribution in [1.29, 1.82) is 5.26 Å². The summed E-state index contributed by atoms with van der Waals surface area (Å²) in [4.78, 5) is 14.3. The molecular weight excluding hydrogens is 417 g/mol. The molecule has 5 nitrogen and oxygen atoms in total. The van der Waals surface area contributed by atoms with Gasteiger partial charge < -0.3 is 9.84 Å². The van der Waals surface area contributed by atoms with Crippen molar-refractivity contribution in [1.82, 2.24) is 5.16 Å². The van der Waals surface area contributed by atoms with Crippen molar-refractivity contribution < 1.29 is 9.32 Å². The first-order valence-electron chi connectivity index (χ1n) is 8.78. The van der Waals surface area contributed by atoms with Gasteiger partial charge in [0.05, 0.1) is 15.6 Å². The van der Waals surface area contributed by atoms with Gasteiger partial charge in [-0.15, -0.1) is 11.3 Å². The first kappa shape index (κ1) is 19.0. The van der Waals surface area contributed by atoms with Crippen LogP contribution in [0.3, 0.4) is 0 Å². The summed E-state index contributed by atoms with van der Waals surface area (Å²) in [5, 5.41) is 17.8. The van der Waals surface area contributed by atoms with E-state index in [1.165, 1.54) is 16.2 Å².